The number of benzene rings is 1. The van der Waals surface area contributed by atoms with E-state index < -0.39 is 0 Å². The zero-order valence-electron chi connectivity index (χ0n) is 8.89. The van der Waals surface area contributed by atoms with E-state index in [1.165, 1.54) is 6.33 Å². The first-order chi connectivity index (χ1) is 8.25. The summed E-state index contributed by atoms with van der Waals surface area (Å²) in [5, 5.41) is 6.26. The summed E-state index contributed by atoms with van der Waals surface area (Å²) in [7, 11) is 0. The van der Waals surface area contributed by atoms with Crippen molar-refractivity contribution in [1.82, 2.24) is 15.5 Å². The van der Waals surface area contributed by atoms with Crippen LogP contribution in [0.2, 0.25) is 0 Å². The third-order valence-corrected chi connectivity index (χ3v) is 2.61. The standard InChI is InChI=1S/C11H10BrN3O2/c12-9-3-1-2-8(6-9)11(16)13-5-4-10-14-7-15-17-10/h1-3,6-7H,4-5H2,(H,13,16). The molecule has 0 aliphatic rings. The van der Waals surface area contributed by atoms with Gasteiger partial charge in [0, 0.05) is 23.0 Å². The highest BCUT2D eigenvalue weighted by molar-refractivity contribution is 9.10. The Kier molecular flexibility index (Phi) is 3.87. The predicted octanol–water partition coefficient (Wildman–Crippen LogP) is 1.80. The lowest BCUT2D eigenvalue weighted by atomic mass is 10.2. The second kappa shape index (κ2) is 5.58. The van der Waals surface area contributed by atoms with Gasteiger partial charge in [-0.2, -0.15) is 4.98 Å². The van der Waals surface area contributed by atoms with Crippen molar-refractivity contribution in [1.29, 1.82) is 0 Å². The number of hydrogen-bond acceptors (Lipinski definition) is 4. The molecule has 2 rings (SSSR count). The molecule has 0 bridgehead atoms. The molecule has 0 aliphatic heterocycles. The SMILES string of the molecule is O=C(NCCc1ncno1)c1cccc(Br)c1. The number of halogens is 1. The molecule has 0 aliphatic carbocycles. The van der Waals surface area contributed by atoms with Gasteiger partial charge < -0.3 is 9.84 Å². The zero-order valence-corrected chi connectivity index (χ0v) is 10.5. The van der Waals surface area contributed by atoms with E-state index in [-0.39, 0.29) is 5.91 Å². The third-order valence-electron chi connectivity index (χ3n) is 2.12. The summed E-state index contributed by atoms with van der Waals surface area (Å²) in [5.41, 5.74) is 0.616. The first-order valence-electron chi connectivity index (χ1n) is 5.05. The normalized spacial score (nSPS) is 10.2. The Morgan fingerprint density at radius 3 is 3.06 bits per heavy atom. The summed E-state index contributed by atoms with van der Waals surface area (Å²) >= 11 is 3.32. The molecule has 0 saturated carbocycles. The maximum absolute atomic E-state index is 11.7. The van der Waals surface area contributed by atoms with Gasteiger partial charge in [-0.3, -0.25) is 4.79 Å². The maximum atomic E-state index is 11.7. The molecule has 1 amide bonds. The van der Waals surface area contributed by atoms with Crippen LogP contribution in [0.5, 0.6) is 0 Å². The highest BCUT2D eigenvalue weighted by Crippen LogP contribution is 2.11. The van der Waals surface area contributed by atoms with Crippen molar-refractivity contribution in [3.05, 3.63) is 46.5 Å². The lowest BCUT2D eigenvalue weighted by Gasteiger charge is -2.03. The number of amides is 1. The van der Waals surface area contributed by atoms with Crippen LogP contribution in [0.3, 0.4) is 0 Å². The number of nitrogens with zero attached hydrogens (tertiary/aromatic N) is 2. The molecule has 0 saturated heterocycles. The fourth-order valence-electron chi connectivity index (χ4n) is 1.32. The van der Waals surface area contributed by atoms with Crippen molar-refractivity contribution >= 4 is 21.8 Å². The average molecular weight is 296 g/mol. The second-order valence-electron chi connectivity index (χ2n) is 3.35. The van der Waals surface area contributed by atoms with Gasteiger partial charge in [-0.1, -0.05) is 27.2 Å². The van der Waals surface area contributed by atoms with Gasteiger partial charge in [-0.25, -0.2) is 0 Å². The quantitative estimate of drug-likeness (QED) is 0.934. The van der Waals surface area contributed by atoms with Gasteiger partial charge in [0.2, 0.25) is 5.89 Å². The second-order valence-corrected chi connectivity index (χ2v) is 4.27. The number of carbonyl (C=O) groups excluding carboxylic acids is 1. The molecule has 0 spiro atoms. The summed E-state index contributed by atoms with van der Waals surface area (Å²) in [5.74, 6) is 0.394. The molecular formula is C11H10BrN3O2. The van der Waals surface area contributed by atoms with Gasteiger partial charge in [0.1, 0.15) is 0 Å². The van der Waals surface area contributed by atoms with Gasteiger partial charge >= 0.3 is 0 Å². The molecule has 0 unspecified atom stereocenters. The molecule has 1 heterocycles. The van der Waals surface area contributed by atoms with Gasteiger partial charge in [0.05, 0.1) is 0 Å². The van der Waals surface area contributed by atoms with Crippen LogP contribution in [0.4, 0.5) is 0 Å². The fraction of sp³-hybridized carbons (Fsp3) is 0.182. The van der Waals surface area contributed by atoms with E-state index in [1.54, 1.807) is 12.1 Å². The van der Waals surface area contributed by atoms with Crippen LogP contribution < -0.4 is 5.32 Å². The van der Waals surface area contributed by atoms with Gasteiger partial charge in [0.25, 0.3) is 5.91 Å². The van der Waals surface area contributed by atoms with Crippen molar-refractivity contribution in [2.75, 3.05) is 6.54 Å². The van der Waals surface area contributed by atoms with Crippen LogP contribution in [-0.2, 0) is 6.42 Å². The lowest BCUT2D eigenvalue weighted by Crippen LogP contribution is -2.25. The van der Waals surface area contributed by atoms with Gasteiger partial charge in [0.15, 0.2) is 6.33 Å². The third kappa shape index (κ3) is 3.39. The molecular weight excluding hydrogens is 286 g/mol. The predicted molar refractivity (Wildman–Crippen MR) is 64.5 cm³/mol. The number of carbonyl (C=O) groups is 1. The van der Waals surface area contributed by atoms with E-state index in [4.69, 9.17) is 4.52 Å². The van der Waals surface area contributed by atoms with E-state index in [2.05, 4.69) is 31.4 Å². The van der Waals surface area contributed by atoms with E-state index in [1.807, 2.05) is 12.1 Å². The smallest absolute Gasteiger partial charge is 0.251 e. The van der Waals surface area contributed by atoms with Crippen LogP contribution in [-0.4, -0.2) is 22.6 Å². The van der Waals surface area contributed by atoms with Gasteiger partial charge in [-0.05, 0) is 18.2 Å². The molecule has 0 radical (unpaired) electrons. The summed E-state index contributed by atoms with van der Waals surface area (Å²) in [6.07, 6.45) is 1.87. The highest BCUT2D eigenvalue weighted by atomic mass is 79.9. The molecule has 6 heteroatoms. The van der Waals surface area contributed by atoms with Crippen molar-refractivity contribution in [3.8, 4) is 0 Å². The fourth-order valence-corrected chi connectivity index (χ4v) is 1.72. The number of aromatic nitrogens is 2. The first-order valence-corrected chi connectivity index (χ1v) is 5.84. The van der Waals surface area contributed by atoms with E-state index in [9.17, 15) is 4.79 Å². The highest BCUT2D eigenvalue weighted by Gasteiger charge is 2.06. The van der Waals surface area contributed by atoms with Gasteiger partial charge in [-0.15, -0.1) is 0 Å². The van der Waals surface area contributed by atoms with E-state index in [0.717, 1.165) is 4.47 Å². The van der Waals surface area contributed by atoms with Crippen molar-refractivity contribution < 1.29 is 9.32 Å². The monoisotopic (exact) mass is 295 g/mol. The number of rotatable bonds is 4. The van der Waals surface area contributed by atoms with Crippen LogP contribution in [0, 0.1) is 0 Å². The minimum absolute atomic E-state index is 0.120. The first kappa shape index (κ1) is 11.8. The van der Waals surface area contributed by atoms with Crippen LogP contribution in [0.25, 0.3) is 0 Å². The van der Waals surface area contributed by atoms with Crippen LogP contribution in [0.1, 0.15) is 16.2 Å². The summed E-state index contributed by atoms with van der Waals surface area (Å²) in [4.78, 5) is 15.6. The molecule has 5 nitrogen and oxygen atoms in total. The van der Waals surface area contributed by atoms with E-state index >= 15 is 0 Å². The summed E-state index contributed by atoms with van der Waals surface area (Å²) in [6.45, 7) is 0.466. The topological polar surface area (TPSA) is 68.0 Å². The minimum Gasteiger partial charge on any atom is -0.352 e. The van der Waals surface area contributed by atoms with E-state index in [0.29, 0.717) is 24.4 Å². The van der Waals surface area contributed by atoms with Crippen molar-refractivity contribution in [2.45, 2.75) is 6.42 Å². The van der Waals surface area contributed by atoms with Crippen molar-refractivity contribution in [2.24, 2.45) is 0 Å². The summed E-state index contributed by atoms with van der Waals surface area (Å²) in [6, 6.07) is 7.21. The minimum atomic E-state index is -0.120. The largest absolute Gasteiger partial charge is 0.352 e. The molecule has 17 heavy (non-hydrogen) atoms. The Balaban J connectivity index is 1.85. The Morgan fingerprint density at radius 1 is 1.47 bits per heavy atom. The zero-order chi connectivity index (χ0) is 12.1. The average Bonchev–Trinajstić information content (AvgIpc) is 2.82. The Morgan fingerprint density at radius 2 is 2.35 bits per heavy atom. The maximum Gasteiger partial charge on any atom is 0.251 e. The van der Waals surface area contributed by atoms with Crippen LogP contribution in [0.15, 0.2) is 39.6 Å². The Labute approximate surface area is 106 Å². The van der Waals surface area contributed by atoms with Crippen LogP contribution >= 0.6 is 15.9 Å². The van der Waals surface area contributed by atoms with Crippen molar-refractivity contribution in [3.63, 3.8) is 0 Å². The lowest BCUT2D eigenvalue weighted by molar-refractivity contribution is 0.0953. The molecule has 0 atom stereocenters. The number of nitrogens with one attached hydrogen (secondary N) is 1. The molecule has 88 valence electrons. The molecule has 1 N–H and O–H groups in total. The Hall–Kier alpha value is -1.69. The molecule has 1 aromatic heterocycles. The summed E-state index contributed by atoms with van der Waals surface area (Å²) < 4.78 is 5.70. The molecule has 0 fully saturated rings. The molecule has 1 aromatic carbocycles. The molecule has 2 aromatic rings. The Bertz CT molecular complexity index is 499. The number of hydrogen-bond donors (Lipinski definition) is 1.